The van der Waals surface area contributed by atoms with E-state index in [1.54, 1.807) is 18.0 Å². The first-order chi connectivity index (χ1) is 20.7. The van der Waals surface area contributed by atoms with Gasteiger partial charge in [-0.3, -0.25) is 0 Å². The maximum Gasteiger partial charge on any atom is 0.573 e. The molecule has 1 aromatic heterocycles. The van der Waals surface area contributed by atoms with Crippen molar-refractivity contribution in [3.63, 3.8) is 0 Å². The van der Waals surface area contributed by atoms with Gasteiger partial charge in [-0.2, -0.15) is 4.99 Å². The van der Waals surface area contributed by atoms with Gasteiger partial charge < -0.3 is 15.0 Å². The number of rotatable bonds is 7. The van der Waals surface area contributed by atoms with Crippen LogP contribution < -0.4 is 15.0 Å². The molecular weight excluding hydrogens is 577 g/mol. The van der Waals surface area contributed by atoms with Crippen LogP contribution in [-0.2, 0) is 6.42 Å². The summed E-state index contributed by atoms with van der Waals surface area (Å²) in [5, 5.41) is 7.91. The molecule has 1 saturated heterocycles. The molecule has 0 atom stereocenters. The van der Waals surface area contributed by atoms with Crippen molar-refractivity contribution in [3.05, 3.63) is 96.5 Å². The Kier molecular flexibility index (Phi) is 9.15. The van der Waals surface area contributed by atoms with Gasteiger partial charge in [-0.25, -0.2) is 14.5 Å². The van der Waals surface area contributed by atoms with E-state index in [0.29, 0.717) is 16.7 Å². The minimum atomic E-state index is -4.75. The van der Waals surface area contributed by atoms with Gasteiger partial charge in [-0.1, -0.05) is 61.2 Å². The molecule has 0 radical (unpaired) electrons. The molecule has 2 heterocycles. The number of carbonyl (C=O) groups is 1. The number of carbonyl (C=O) groups excluding carboxylic acids is 1. The summed E-state index contributed by atoms with van der Waals surface area (Å²) in [5.41, 5.74) is 5.32. The Morgan fingerprint density at radius 3 is 2.56 bits per heavy atom. The summed E-state index contributed by atoms with van der Waals surface area (Å²) in [6.45, 7) is 4.82. The molecule has 222 valence electrons. The van der Waals surface area contributed by atoms with Crippen LogP contribution in [0.2, 0.25) is 0 Å². The second-order valence-electron chi connectivity index (χ2n) is 9.64. The van der Waals surface area contributed by atoms with Crippen molar-refractivity contribution in [3.8, 4) is 22.8 Å². The van der Waals surface area contributed by atoms with Gasteiger partial charge in [0.25, 0.3) is 0 Å². The zero-order chi connectivity index (χ0) is 30.4. The van der Waals surface area contributed by atoms with Gasteiger partial charge in [0.15, 0.2) is 11.0 Å². The average Bonchev–Trinajstić information content (AvgIpc) is 3.50. The number of alkyl halides is 3. The molecular formula is C31H29F3N6O2S. The Bertz CT molecular complexity index is 1630. The third-order valence-corrected chi connectivity index (χ3v) is 7.75. The van der Waals surface area contributed by atoms with Crippen LogP contribution in [0.25, 0.3) is 22.6 Å². The Balaban J connectivity index is 1.23. The molecule has 5 rings (SSSR count). The third kappa shape index (κ3) is 7.63. The van der Waals surface area contributed by atoms with Gasteiger partial charge in [0.2, 0.25) is 0 Å². The van der Waals surface area contributed by atoms with Crippen molar-refractivity contribution in [1.29, 1.82) is 0 Å². The van der Waals surface area contributed by atoms with Crippen molar-refractivity contribution in [2.75, 3.05) is 17.2 Å². The molecule has 4 aromatic rings. The molecule has 43 heavy (non-hydrogen) atoms. The number of ether oxygens (including phenoxy) is 1. The number of thioether (sulfide) groups is 1. The Morgan fingerprint density at radius 2 is 1.84 bits per heavy atom. The standard InChI is InChI=1S/C31H29F3N6O2S/c1-3-22-7-4-5-8-27(22)39-17-6-18-43-30(39)37-29(41)35-19-21(2)23-9-11-24(12-10-23)28-36-20-40(38-28)25-13-15-26(16-14-25)42-31(32,33)34/h4-5,7-16,19-20H,3,6,17-18H2,1-2H3,(H,35,41)/b21-19+,37-30?. The molecule has 8 nitrogen and oxygen atoms in total. The molecule has 1 aliphatic heterocycles. The number of urea groups is 1. The highest BCUT2D eigenvalue weighted by Gasteiger charge is 2.31. The van der Waals surface area contributed by atoms with Crippen LogP contribution in [0, 0.1) is 0 Å². The lowest BCUT2D eigenvalue weighted by Crippen LogP contribution is -2.36. The van der Waals surface area contributed by atoms with Crippen LogP contribution in [0.5, 0.6) is 5.75 Å². The van der Waals surface area contributed by atoms with Gasteiger partial charge in [-0.15, -0.1) is 18.3 Å². The first kappa shape index (κ1) is 29.9. The number of anilines is 1. The van der Waals surface area contributed by atoms with Gasteiger partial charge in [0.05, 0.1) is 5.69 Å². The maximum absolute atomic E-state index is 12.8. The monoisotopic (exact) mass is 606 g/mol. The fraction of sp³-hybridized carbons (Fsp3) is 0.226. The predicted octanol–water partition coefficient (Wildman–Crippen LogP) is 7.47. The predicted molar refractivity (Wildman–Crippen MR) is 163 cm³/mol. The number of halogens is 3. The van der Waals surface area contributed by atoms with Gasteiger partial charge in [0.1, 0.15) is 12.1 Å². The zero-order valence-corrected chi connectivity index (χ0v) is 24.3. The van der Waals surface area contributed by atoms with Crippen LogP contribution in [0.4, 0.5) is 23.7 Å². The van der Waals surface area contributed by atoms with Crippen molar-refractivity contribution in [2.45, 2.75) is 33.1 Å². The number of nitrogens with one attached hydrogen (secondary N) is 1. The molecule has 0 spiro atoms. The second-order valence-corrected chi connectivity index (χ2v) is 10.7. The molecule has 0 aliphatic carbocycles. The van der Waals surface area contributed by atoms with Crippen molar-refractivity contribution in [2.24, 2.45) is 4.99 Å². The minimum Gasteiger partial charge on any atom is -0.406 e. The van der Waals surface area contributed by atoms with E-state index in [9.17, 15) is 18.0 Å². The summed E-state index contributed by atoms with van der Waals surface area (Å²) in [6.07, 6.45) is 0.282. The number of para-hydroxylation sites is 1. The van der Waals surface area contributed by atoms with E-state index in [1.807, 2.05) is 43.3 Å². The number of aryl methyl sites for hydroxylation is 1. The van der Waals surface area contributed by atoms with E-state index in [2.05, 4.69) is 49.1 Å². The van der Waals surface area contributed by atoms with Crippen LogP contribution in [0.15, 0.2) is 90.3 Å². The van der Waals surface area contributed by atoms with Crippen molar-refractivity contribution < 1.29 is 22.7 Å². The number of amides is 2. The van der Waals surface area contributed by atoms with E-state index in [-0.39, 0.29) is 5.75 Å². The van der Waals surface area contributed by atoms with Crippen molar-refractivity contribution >= 4 is 34.2 Å². The molecule has 1 aliphatic rings. The smallest absolute Gasteiger partial charge is 0.406 e. The SMILES string of the molecule is CCc1ccccc1N1CCCSC1=NC(=O)N/C=C(\C)c1ccc(-c2ncn(-c3ccc(OC(F)(F)F)cc3)n2)cc1. The third-order valence-electron chi connectivity index (χ3n) is 6.69. The fourth-order valence-corrected chi connectivity index (χ4v) is 5.47. The van der Waals surface area contributed by atoms with Crippen LogP contribution in [0.1, 0.15) is 31.4 Å². The number of nitrogens with zero attached hydrogens (tertiary/aromatic N) is 5. The highest BCUT2D eigenvalue weighted by molar-refractivity contribution is 8.14. The molecule has 0 unspecified atom stereocenters. The summed E-state index contributed by atoms with van der Waals surface area (Å²) in [5.74, 6) is 1.05. The van der Waals surface area contributed by atoms with Gasteiger partial charge >= 0.3 is 12.4 Å². The Labute approximate surface area is 251 Å². The lowest BCUT2D eigenvalue weighted by Gasteiger charge is -2.31. The lowest BCUT2D eigenvalue weighted by molar-refractivity contribution is -0.274. The van der Waals surface area contributed by atoms with Crippen LogP contribution in [0.3, 0.4) is 0 Å². The number of aliphatic imine (C=N–C) groups is 1. The first-order valence-electron chi connectivity index (χ1n) is 13.6. The first-order valence-corrected chi connectivity index (χ1v) is 14.6. The summed E-state index contributed by atoms with van der Waals surface area (Å²) in [6, 6.07) is 20.6. The molecule has 2 amide bonds. The molecule has 0 saturated carbocycles. The van der Waals surface area contributed by atoms with E-state index < -0.39 is 12.4 Å². The van der Waals surface area contributed by atoms with Gasteiger partial charge in [0, 0.05) is 29.7 Å². The normalized spacial score (nSPS) is 15.0. The average molecular weight is 607 g/mol. The number of amidine groups is 1. The second kappa shape index (κ2) is 13.2. The summed E-state index contributed by atoms with van der Waals surface area (Å²) < 4.78 is 42.6. The fourth-order valence-electron chi connectivity index (χ4n) is 4.52. The summed E-state index contributed by atoms with van der Waals surface area (Å²) >= 11 is 1.58. The van der Waals surface area contributed by atoms with E-state index >= 15 is 0 Å². The molecule has 12 heteroatoms. The highest BCUT2D eigenvalue weighted by atomic mass is 32.2. The molecule has 0 bridgehead atoms. The number of aromatic nitrogens is 3. The van der Waals surface area contributed by atoms with Gasteiger partial charge in [-0.05, 0) is 66.8 Å². The zero-order valence-electron chi connectivity index (χ0n) is 23.5. The molecule has 1 fully saturated rings. The van der Waals surface area contributed by atoms with Crippen molar-refractivity contribution in [1.82, 2.24) is 20.1 Å². The van der Waals surface area contributed by atoms with E-state index in [4.69, 9.17) is 0 Å². The summed E-state index contributed by atoms with van der Waals surface area (Å²) in [4.78, 5) is 23.6. The minimum absolute atomic E-state index is 0.313. The number of hydrogen-bond acceptors (Lipinski definition) is 5. The number of allylic oxidation sites excluding steroid dienone is 1. The number of hydrogen-bond donors (Lipinski definition) is 1. The summed E-state index contributed by atoms with van der Waals surface area (Å²) in [7, 11) is 0. The quantitative estimate of drug-likeness (QED) is 0.235. The largest absolute Gasteiger partial charge is 0.573 e. The Hall–Kier alpha value is -4.58. The van der Waals surface area contributed by atoms with Crippen LogP contribution in [-0.4, -0.2) is 44.6 Å². The topological polar surface area (TPSA) is 84.6 Å². The maximum atomic E-state index is 12.8. The molecule has 1 N–H and O–H groups in total. The lowest BCUT2D eigenvalue weighted by atomic mass is 10.1. The molecule has 3 aromatic carbocycles. The van der Waals surface area contributed by atoms with E-state index in [1.165, 1.54) is 40.8 Å². The Morgan fingerprint density at radius 1 is 1.09 bits per heavy atom. The van der Waals surface area contributed by atoms with E-state index in [0.717, 1.165) is 47.5 Å². The number of benzene rings is 3. The highest BCUT2D eigenvalue weighted by Crippen LogP contribution is 2.29. The van der Waals surface area contributed by atoms with Crippen LogP contribution >= 0.6 is 11.8 Å².